The summed E-state index contributed by atoms with van der Waals surface area (Å²) in [5.74, 6) is 0. The Morgan fingerprint density at radius 3 is 0.700 bits per heavy atom. The molecule has 65 valence electrons. The monoisotopic (exact) mass is 195 g/mol. The van der Waals surface area contributed by atoms with Gasteiger partial charge < -0.3 is 0 Å². The fourth-order valence-corrected chi connectivity index (χ4v) is 0. The predicted octanol–water partition coefficient (Wildman–Crippen LogP) is 0.315. The first-order valence-corrected chi connectivity index (χ1v) is 1.77. The van der Waals surface area contributed by atoms with Crippen molar-refractivity contribution in [2.45, 2.75) is 0 Å². The van der Waals surface area contributed by atoms with E-state index in [0.717, 1.165) is 0 Å². The summed E-state index contributed by atoms with van der Waals surface area (Å²) in [6, 6.07) is 0. The number of hydrogen-bond donors (Lipinski definition) is 3. The summed E-state index contributed by atoms with van der Waals surface area (Å²) in [7, 11) is 3.54. The summed E-state index contributed by atoms with van der Waals surface area (Å²) in [6.45, 7) is 0. The van der Waals surface area contributed by atoms with Crippen molar-refractivity contribution >= 4 is 0 Å². The second-order valence-corrected chi connectivity index (χ2v) is 0.548. The zero-order chi connectivity index (χ0) is 8.12. The fraction of sp³-hybridized carbons (Fsp3) is 1.00. The van der Waals surface area contributed by atoms with E-state index < -0.39 is 0 Å². The molecule has 0 atom stereocenters. The van der Waals surface area contributed by atoms with Crippen LogP contribution in [0.5, 0.6) is 0 Å². The normalized spacial score (nSPS) is 5.40. The molecule has 0 aromatic heterocycles. The van der Waals surface area contributed by atoms with E-state index >= 15 is 0 Å². The van der Waals surface area contributed by atoms with Gasteiger partial charge in [0.2, 0.25) is 0 Å². The number of rotatable bonds is 0. The molecule has 0 aromatic carbocycles. The fourth-order valence-electron chi connectivity index (χ4n) is 0. The summed E-state index contributed by atoms with van der Waals surface area (Å²) in [6.07, 6.45) is 0. The van der Waals surface area contributed by atoms with Crippen molar-refractivity contribution in [2.24, 2.45) is 0 Å². The summed E-state index contributed by atoms with van der Waals surface area (Å²) in [4.78, 5) is 9.75. The van der Waals surface area contributed by atoms with Crippen LogP contribution in [0.2, 0.25) is 0 Å². The summed E-state index contributed by atoms with van der Waals surface area (Å²) >= 11 is 0. The number of hydrogen-bond acceptors (Lipinski definition) is 6. The minimum absolute atomic E-state index is 0. The van der Waals surface area contributed by atoms with Gasteiger partial charge in [-0.25, -0.2) is 14.7 Å². The zero-order valence-electron chi connectivity index (χ0n) is 6.01. The Labute approximate surface area is 71.0 Å². The molecule has 0 saturated carbocycles. The Morgan fingerprint density at radius 2 is 0.700 bits per heavy atom. The van der Waals surface area contributed by atoms with Gasteiger partial charge in [-0.1, -0.05) is 0 Å². The van der Waals surface area contributed by atoms with E-state index in [0.29, 0.717) is 0 Å². The zero-order valence-corrected chi connectivity index (χ0v) is 7.41. The van der Waals surface area contributed by atoms with Crippen molar-refractivity contribution in [3.05, 3.63) is 0 Å². The smallest absolute Gasteiger partial charge is 0.0710 e. The first-order chi connectivity index (χ1) is 4.24. The third-order valence-corrected chi connectivity index (χ3v) is 0. The van der Waals surface area contributed by atoms with E-state index in [1.54, 1.807) is 0 Å². The molecular formula is C3H12O6V. The summed E-state index contributed by atoms with van der Waals surface area (Å²) < 4.78 is 0. The van der Waals surface area contributed by atoms with Crippen LogP contribution >= 0.6 is 0 Å². The van der Waals surface area contributed by atoms with E-state index in [1.807, 2.05) is 0 Å². The first kappa shape index (κ1) is 22.4. The molecule has 0 aromatic rings. The molecule has 0 fully saturated rings. The van der Waals surface area contributed by atoms with Crippen LogP contribution in [0, 0.1) is 0 Å². The molecule has 10 heavy (non-hydrogen) atoms. The van der Waals surface area contributed by atoms with Gasteiger partial charge in [0.05, 0.1) is 21.3 Å². The van der Waals surface area contributed by atoms with Crippen LogP contribution in [-0.2, 0) is 33.2 Å². The maximum absolute atomic E-state index is 7.07. The van der Waals surface area contributed by atoms with Gasteiger partial charge >= 0.3 is 0 Å². The van der Waals surface area contributed by atoms with Crippen LogP contribution in [0.1, 0.15) is 0 Å². The van der Waals surface area contributed by atoms with Crippen molar-refractivity contribution < 1.29 is 49.0 Å². The predicted molar refractivity (Wildman–Crippen MR) is 28.9 cm³/mol. The van der Waals surface area contributed by atoms with Crippen LogP contribution in [0.4, 0.5) is 0 Å². The quantitative estimate of drug-likeness (QED) is 0.381. The van der Waals surface area contributed by atoms with E-state index in [4.69, 9.17) is 15.8 Å². The summed E-state index contributed by atoms with van der Waals surface area (Å²) in [5.41, 5.74) is 0. The Kier molecular flexibility index (Phi) is 131. The van der Waals surface area contributed by atoms with Gasteiger partial charge in [-0.2, -0.15) is 0 Å². The van der Waals surface area contributed by atoms with Crippen LogP contribution in [0.25, 0.3) is 0 Å². The molecule has 0 aliphatic heterocycles. The van der Waals surface area contributed by atoms with Gasteiger partial charge in [0.1, 0.15) is 0 Å². The molecule has 0 aliphatic carbocycles. The molecule has 0 rings (SSSR count). The molecule has 0 spiro atoms. The van der Waals surface area contributed by atoms with Gasteiger partial charge in [-0.05, 0) is 0 Å². The standard InChI is InChI=1S/3CH4O2.V/c3*1-3-2;/h3*2H,1H3;. The molecule has 0 saturated heterocycles. The van der Waals surface area contributed by atoms with Crippen molar-refractivity contribution in [3.8, 4) is 0 Å². The minimum atomic E-state index is 0. The van der Waals surface area contributed by atoms with Crippen LogP contribution in [0.3, 0.4) is 0 Å². The van der Waals surface area contributed by atoms with Crippen LogP contribution in [-0.4, -0.2) is 37.1 Å². The Hall–Kier alpha value is 0.344. The SMILES string of the molecule is COO.COO.COO.[V]. The molecule has 0 unspecified atom stereocenters. The molecule has 6 nitrogen and oxygen atoms in total. The summed E-state index contributed by atoms with van der Waals surface area (Å²) in [5, 5.41) is 21.2. The van der Waals surface area contributed by atoms with Gasteiger partial charge in [0.25, 0.3) is 0 Å². The maximum Gasteiger partial charge on any atom is 0.0710 e. The molecular weight excluding hydrogens is 183 g/mol. The van der Waals surface area contributed by atoms with Gasteiger partial charge in [0.15, 0.2) is 0 Å². The second kappa shape index (κ2) is 58.2. The molecule has 0 bridgehead atoms. The van der Waals surface area contributed by atoms with Crippen molar-refractivity contribution in [2.75, 3.05) is 21.3 Å². The van der Waals surface area contributed by atoms with Gasteiger partial charge in [-0.15, -0.1) is 0 Å². The molecule has 0 aliphatic rings. The molecule has 1 radical (unpaired) electrons. The van der Waals surface area contributed by atoms with Crippen molar-refractivity contribution in [1.82, 2.24) is 0 Å². The first-order valence-electron chi connectivity index (χ1n) is 1.77. The molecule has 7 heteroatoms. The molecule has 3 N–H and O–H groups in total. The third-order valence-electron chi connectivity index (χ3n) is 0. The average molecular weight is 195 g/mol. The van der Waals surface area contributed by atoms with Crippen LogP contribution in [0.15, 0.2) is 0 Å². The molecule has 0 heterocycles. The Morgan fingerprint density at radius 1 is 0.700 bits per heavy atom. The van der Waals surface area contributed by atoms with Crippen molar-refractivity contribution in [3.63, 3.8) is 0 Å². The Balaban J connectivity index is -0.0000000257. The second-order valence-electron chi connectivity index (χ2n) is 0.548. The van der Waals surface area contributed by atoms with Gasteiger partial charge in [-0.3, -0.25) is 15.8 Å². The van der Waals surface area contributed by atoms with E-state index in [2.05, 4.69) is 14.7 Å². The van der Waals surface area contributed by atoms with E-state index in [9.17, 15) is 0 Å². The van der Waals surface area contributed by atoms with Crippen LogP contribution < -0.4 is 0 Å². The third kappa shape index (κ3) is 3790. The minimum Gasteiger partial charge on any atom is -0.252 e. The topological polar surface area (TPSA) is 88.4 Å². The molecule has 0 amide bonds. The Bertz CT molecular complexity index is 17.7. The van der Waals surface area contributed by atoms with E-state index in [1.165, 1.54) is 21.3 Å². The maximum atomic E-state index is 7.07. The van der Waals surface area contributed by atoms with Gasteiger partial charge in [0, 0.05) is 18.6 Å². The largest absolute Gasteiger partial charge is 0.252 e. The average Bonchev–Trinajstić information content (AvgIpc) is 1.70. The van der Waals surface area contributed by atoms with Crippen molar-refractivity contribution in [1.29, 1.82) is 0 Å². The van der Waals surface area contributed by atoms with E-state index in [-0.39, 0.29) is 18.6 Å².